The average molecular weight is 264 g/mol. The molecule has 2 aromatic rings. The number of imidazole rings is 1. The number of benzene rings is 1. The number of fused-ring (bicyclic) bond motifs is 1. The number of H-pyrrole nitrogens is 1. The van der Waals surface area contributed by atoms with Crippen LogP contribution < -0.4 is 10.5 Å². The third-order valence-electron chi connectivity index (χ3n) is 3.13. The molecule has 0 fully saturated rings. The minimum absolute atomic E-state index is 0.0382. The van der Waals surface area contributed by atoms with E-state index in [9.17, 15) is 0 Å². The number of nitrogens with two attached hydrogens (primary N) is 1. The maximum absolute atomic E-state index is 6.25. The van der Waals surface area contributed by atoms with Crippen molar-refractivity contribution in [2.24, 2.45) is 5.73 Å². The third-order valence-corrected chi connectivity index (χ3v) is 3.41. The summed E-state index contributed by atoms with van der Waals surface area (Å²) in [5.74, 6) is 1.66. The highest BCUT2D eigenvalue weighted by Crippen LogP contribution is 2.39. The van der Waals surface area contributed by atoms with Crippen molar-refractivity contribution in [2.45, 2.75) is 19.4 Å². The SMILES string of the molecule is Cc1ncc(-c2cc(Cl)c3c(c2)C[C@H](CN)O3)[nH]1. The first-order valence-electron chi connectivity index (χ1n) is 5.88. The molecule has 0 radical (unpaired) electrons. The highest BCUT2D eigenvalue weighted by Gasteiger charge is 2.25. The van der Waals surface area contributed by atoms with E-state index in [1.165, 1.54) is 0 Å². The molecule has 5 heteroatoms. The zero-order chi connectivity index (χ0) is 12.7. The van der Waals surface area contributed by atoms with E-state index in [2.05, 4.69) is 16.0 Å². The van der Waals surface area contributed by atoms with Gasteiger partial charge in [0.05, 0.1) is 16.9 Å². The molecule has 2 heterocycles. The molecule has 3 N–H and O–H groups in total. The van der Waals surface area contributed by atoms with Gasteiger partial charge in [0, 0.05) is 24.1 Å². The maximum Gasteiger partial charge on any atom is 0.141 e. The zero-order valence-electron chi connectivity index (χ0n) is 10.0. The van der Waals surface area contributed by atoms with Gasteiger partial charge < -0.3 is 15.5 Å². The summed E-state index contributed by atoms with van der Waals surface area (Å²) >= 11 is 6.25. The van der Waals surface area contributed by atoms with Gasteiger partial charge in [-0.3, -0.25) is 0 Å². The number of aromatic amines is 1. The minimum atomic E-state index is 0.0382. The number of aromatic nitrogens is 2. The van der Waals surface area contributed by atoms with Crippen LogP contribution in [0.5, 0.6) is 5.75 Å². The summed E-state index contributed by atoms with van der Waals surface area (Å²) in [6.07, 6.45) is 2.66. The van der Waals surface area contributed by atoms with E-state index in [0.717, 1.165) is 34.8 Å². The Hall–Kier alpha value is -1.52. The van der Waals surface area contributed by atoms with Crippen molar-refractivity contribution in [1.82, 2.24) is 9.97 Å². The zero-order valence-corrected chi connectivity index (χ0v) is 10.8. The first-order valence-corrected chi connectivity index (χ1v) is 6.26. The predicted molar refractivity (Wildman–Crippen MR) is 70.9 cm³/mol. The lowest BCUT2D eigenvalue weighted by molar-refractivity contribution is 0.241. The molecular formula is C13H14ClN3O. The lowest BCUT2D eigenvalue weighted by Gasteiger charge is -2.07. The van der Waals surface area contributed by atoms with E-state index in [1.54, 1.807) is 0 Å². The number of aryl methyl sites for hydroxylation is 1. The Bertz CT molecular complexity index is 594. The second kappa shape index (κ2) is 4.30. The quantitative estimate of drug-likeness (QED) is 0.874. The summed E-state index contributed by atoms with van der Waals surface area (Å²) in [6.45, 7) is 2.43. The molecule has 1 aromatic carbocycles. The number of rotatable bonds is 2. The van der Waals surface area contributed by atoms with E-state index in [0.29, 0.717) is 11.6 Å². The van der Waals surface area contributed by atoms with E-state index in [-0.39, 0.29) is 6.10 Å². The van der Waals surface area contributed by atoms with Crippen molar-refractivity contribution in [3.63, 3.8) is 0 Å². The topological polar surface area (TPSA) is 63.9 Å². The van der Waals surface area contributed by atoms with Gasteiger partial charge in [0.2, 0.25) is 0 Å². The minimum Gasteiger partial charge on any atom is -0.487 e. The highest BCUT2D eigenvalue weighted by molar-refractivity contribution is 6.32. The molecule has 1 aliphatic rings. The predicted octanol–water partition coefficient (Wildman–Crippen LogP) is 2.30. The van der Waals surface area contributed by atoms with Crippen molar-refractivity contribution >= 4 is 11.6 Å². The van der Waals surface area contributed by atoms with E-state index < -0.39 is 0 Å². The Morgan fingerprint density at radius 2 is 2.39 bits per heavy atom. The van der Waals surface area contributed by atoms with Crippen molar-refractivity contribution in [1.29, 1.82) is 0 Å². The number of ether oxygens (including phenoxy) is 1. The Morgan fingerprint density at radius 1 is 1.56 bits per heavy atom. The Balaban J connectivity index is 2.03. The summed E-state index contributed by atoms with van der Waals surface area (Å²) < 4.78 is 5.70. The number of nitrogens with one attached hydrogen (secondary N) is 1. The lowest BCUT2D eigenvalue weighted by Crippen LogP contribution is -2.24. The van der Waals surface area contributed by atoms with Crippen molar-refractivity contribution < 1.29 is 4.74 Å². The summed E-state index contributed by atoms with van der Waals surface area (Å²) in [7, 11) is 0. The van der Waals surface area contributed by atoms with Crippen LogP contribution in [0.4, 0.5) is 0 Å². The first-order chi connectivity index (χ1) is 8.67. The standard InChI is InChI=1S/C13H14ClN3O/c1-7-16-6-12(17-7)8-2-9-3-10(5-15)18-13(9)11(14)4-8/h2,4,6,10H,3,5,15H2,1H3,(H,16,17)/t10-/m1/s1. The van der Waals surface area contributed by atoms with E-state index in [4.69, 9.17) is 22.1 Å². The van der Waals surface area contributed by atoms with Crippen LogP contribution in [-0.2, 0) is 6.42 Å². The van der Waals surface area contributed by atoms with Crippen LogP contribution >= 0.6 is 11.6 Å². The fourth-order valence-electron chi connectivity index (χ4n) is 2.24. The Kier molecular flexibility index (Phi) is 2.76. The van der Waals surface area contributed by atoms with E-state index in [1.807, 2.05) is 19.2 Å². The molecular weight excluding hydrogens is 250 g/mol. The van der Waals surface area contributed by atoms with Crippen LogP contribution in [0.25, 0.3) is 11.3 Å². The smallest absolute Gasteiger partial charge is 0.141 e. The number of hydrogen-bond acceptors (Lipinski definition) is 3. The molecule has 1 aromatic heterocycles. The molecule has 0 spiro atoms. The maximum atomic E-state index is 6.25. The van der Waals surface area contributed by atoms with Crippen LogP contribution in [-0.4, -0.2) is 22.6 Å². The van der Waals surface area contributed by atoms with Crippen molar-refractivity contribution in [2.75, 3.05) is 6.54 Å². The van der Waals surface area contributed by atoms with Crippen molar-refractivity contribution in [3.8, 4) is 17.0 Å². The molecule has 3 rings (SSSR count). The van der Waals surface area contributed by atoms with Gasteiger partial charge in [-0.05, 0) is 19.1 Å². The molecule has 94 valence electrons. The van der Waals surface area contributed by atoms with Gasteiger partial charge in [0.1, 0.15) is 17.7 Å². The molecule has 0 unspecified atom stereocenters. The van der Waals surface area contributed by atoms with Crippen LogP contribution in [0.2, 0.25) is 5.02 Å². The Labute approximate surface area is 110 Å². The van der Waals surface area contributed by atoms with Crippen LogP contribution in [0.15, 0.2) is 18.3 Å². The van der Waals surface area contributed by atoms with E-state index >= 15 is 0 Å². The molecule has 0 bridgehead atoms. The largest absolute Gasteiger partial charge is 0.487 e. The number of halogens is 1. The highest BCUT2D eigenvalue weighted by atomic mass is 35.5. The third kappa shape index (κ3) is 1.87. The fraction of sp³-hybridized carbons (Fsp3) is 0.308. The molecule has 4 nitrogen and oxygen atoms in total. The summed E-state index contributed by atoms with van der Waals surface area (Å²) in [6, 6.07) is 3.98. The molecule has 1 atom stereocenters. The van der Waals surface area contributed by atoms with Crippen LogP contribution in [0.3, 0.4) is 0 Å². The second-order valence-corrected chi connectivity index (χ2v) is 4.92. The summed E-state index contributed by atoms with van der Waals surface area (Å²) in [5.41, 5.74) is 8.74. The molecule has 0 saturated heterocycles. The monoisotopic (exact) mass is 263 g/mol. The first kappa shape index (κ1) is 11.6. The summed E-state index contributed by atoms with van der Waals surface area (Å²) in [4.78, 5) is 7.40. The molecule has 1 aliphatic heterocycles. The second-order valence-electron chi connectivity index (χ2n) is 4.51. The van der Waals surface area contributed by atoms with Crippen LogP contribution in [0.1, 0.15) is 11.4 Å². The van der Waals surface area contributed by atoms with Gasteiger partial charge in [0.25, 0.3) is 0 Å². The molecule has 0 saturated carbocycles. The molecule has 18 heavy (non-hydrogen) atoms. The van der Waals surface area contributed by atoms with Crippen molar-refractivity contribution in [3.05, 3.63) is 34.7 Å². The lowest BCUT2D eigenvalue weighted by atomic mass is 10.0. The van der Waals surface area contributed by atoms with Gasteiger partial charge in [-0.1, -0.05) is 11.6 Å². The Morgan fingerprint density at radius 3 is 3.06 bits per heavy atom. The normalized spacial score (nSPS) is 17.6. The number of hydrogen-bond donors (Lipinski definition) is 2. The average Bonchev–Trinajstić information content (AvgIpc) is 2.94. The van der Waals surface area contributed by atoms with Gasteiger partial charge in [-0.15, -0.1) is 0 Å². The molecule has 0 aliphatic carbocycles. The van der Waals surface area contributed by atoms with Gasteiger partial charge in [0.15, 0.2) is 0 Å². The van der Waals surface area contributed by atoms with Crippen LogP contribution in [0, 0.1) is 6.92 Å². The fourth-order valence-corrected chi connectivity index (χ4v) is 2.53. The van der Waals surface area contributed by atoms with Gasteiger partial charge >= 0.3 is 0 Å². The molecule has 0 amide bonds. The summed E-state index contributed by atoms with van der Waals surface area (Å²) in [5, 5.41) is 0.630. The van der Waals surface area contributed by atoms with Gasteiger partial charge in [-0.25, -0.2) is 4.98 Å². The number of nitrogens with zero attached hydrogens (tertiary/aromatic N) is 1. The van der Waals surface area contributed by atoms with Gasteiger partial charge in [-0.2, -0.15) is 0 Å².